The van der Waals surface area contributed by atoms with Gasteiger partial charge in [0.15, 0.2) is 5.50 Å². The Morgan fingerprint density at radius 2 is 2.05 bits per heavy atom. The Kier molecular flexibility index (Phi) is 3.53. The standard InChI is InChI=1S/C12H7Cl2F3N4O/c13-8-2-1-7-9(19-8)10(14)21(11(7)22)6-3-18-20(4-6)5-12(15,16)17/h1-4,10H,5H2. The average molecular weight is 351 g/mol. The first-order valence-electron chi connectivity index (χ1n) is 5.99. The molecule has 0 aromatic carbocycles. The Bertz CT molecular complexity index is 746. The van der Waals surface area contributed by atoms with E-state index >= 15 is 0 Å². The van der Waals surface area contributed by atoms with Gasteiger partial charge in [0, 0.05) is 6.20 Å². The minimum atomic E-state index is -4.41. The summed E-state index contributed by atoms with van der Waals surface area (Å²) in [6, 6.07) is 2.92. The maximum Gasteiger partial charge on any atom is 0.408 e. The van der Waals surface area contributed by atoms with E-state index in [9.17, 15) is 18.0 Å². The van der Waals surface area contributed by atoms with Crippen LogP contribution in [0.15, 0.2) is 24.5 Å². The fourth-order valence-corrected chi connectivity index (χ4v) is 2.68. The zero-order valence-corrected chi connectivity index (χ0v) is 12.2. The molecule has 0 N–H and O–H groups in total. The molecule has 3 rings (SSSR count). The molecule has 0 spiro atoms. The molecule has 1 aliphatic rings. The van der Waals surface area contributed by atoms with E-state index < -0.39 is 24.1 Å². The number of hydrogen-bond acceptors (Lipinski definition) is 3. The molecule has 0 aliphatic carbocycles. The van der Waals surface area contributed by atoms with Gasteiger partial charge < -0.3 is 0 Å². The summed E-state index contributed by atoms with van der Waals surface area (Å²) in [6.07, 6.45) is -2.16. The maximum atomic E-state index is 12.3. The Hall–Kier alpha value is -1.80. The van der Waals surface area contributed by atoms with Crippen molar-refractivity contribution in [3.8, 4) is 0 Å². The third kappa shape index (κ3) is 2.64. The molecule has 10 heteroatoms. The van der Waals surface area contributed by atoms with Gasteiger partial charge in [-0.2, -0.15) is 18.3 Å². The van der Waals surface area contributed by atoms with Gasteiger partial charge in [-0.15, -0.1) is 0 Å². The van der Waals surface area contributed by atoms with E-state index in [4.69, 9.17) is 23.2 Å². The fraction of sp³-hybridized carbons (Fsp3) is 0.250. The Morgan fingerprint density at radius 1 is 1.32 bits per heavy atom. The van der Waals surface area contributed by atoms with Gasteiger partial charge in [-0.25, -0.2) is 4.98 Å². The van der Waals surface area contributed by atoms with E-state index in [0.717, 1.165) is 17.3 Å². The van der Waals surface area contributed by atoms with Crippen molar-refractivity contribution >= 4 is 34.8 Å². The number of aromatic nitrogens is 3. The first kappa shape index (κ1) is 15.1. The molecule has 0 saturated heterocycles. The van der Waals surface area contributed by atoms with Gasteiger partial charge in [0.05, 0.1) is 23.1 Å². The average Bonchev–Trinajstić information content (AvgIpc) is 2.92. The fourth-order valence-electron chi connectivity index (χ4n) is 2.16. The predicted octanol–water partition coefficient (Wildman–Crippen LogP) is 3.39. The minimum absolute atomic E-state index is 0.156. The van der Waals surface area contributed by atoms with Crippen LogP contribution in [0.25, 0.3) is 0 Å². The number of halogens is 5. The van der Waals surface area contributed by atoms with E-state index in [1.165, 1.54) is 12.1 Å². The second-order valence-electron chi connectivity index (χ2n) is 4.59. The summed E-state index contributed by atoms with van der Waals surface area (Å²) in [7, 11) is 0. The van der Waals surface area contributed by atoms with Crippen LogP contribution in [0.3, 0.4) is 0 Å². The van der Waals surface area contributed by atoms with Crippen molar-refractivity contribution in [2.45, 2.75) is 18.2 Å². The highest BCUT2D eigenvalue weighted by atomic mass is 35.5. The van der Waals surface area contributed by atoms with Gasteiger partial charge in [0.25, 0.3) is 5.91 Å². The number of fused-ring (bicyclic) bond motifs is 1. The van der Waals surface area contributed by atoms with Crippen molar-refractivity contribution in [2.24, 2.45) is 0 Å². The lowest BCUT2D eigenvalue weighted by Crippen LogP contribution is -2.24. The molecule has 3 heterocycles. The molecule has 0 radical (unpaired) electrons. The highest BCUT2D eigenvalue weighted by Crippen LogP contribution is 2.39. The topological polar surface area (TPSA) is 51.0 Å². The summed E-state index contributed by atoms with van der Waals surface area (Å²) in [4.78, 5) is 17.4. The highest BCUT2D eigenvalue weighted by molar-refractivity contribution is 6.31. The maximum absolute atomic E-state index is 12.3. The van der Waals surface area contributed by atoms with Gasteiger partial charge in [0.1, 0.15) is 11.7 Å². The number of anilines is 1. The molecular weight excluding hydrogens is 344 g/mol. The van der Waals surface area contributed by atoms with Gasteiger partial charge >= 0.3 is 6.18 Å². The van der Waals surface area contributed by atoms with Gasteiger partial charge in [-0.1, -0.05) is 23.2 Å². The van der Waals surface area contributed by atoms with Crippen LogP contribution in [0.4, 0.5) is 18.9 Å². The number of carbonyl (C=O) groups is 1. The zero-order valence-electron chi connectivity index (χ0n) is 10.7. The zero-order chi connectivity index (χ0) is 16.1. The van der Waals surface area contributed by atoms with Gasteiger partial charge in [-0.3, -0.25) is 14.4 Å². The molecule has 0 bridgehead atoms. The summed E-state index contributed by atoms with van der Waals surface area (Å²) < 4.78 is 37.7. The van der Waals surface area contributed by atoms with Crippen molar-refractivity contribution in [1.82, 2.24) is 14.8 Å². The lowest BCUT2D eigenvalue weighted by molar-refractivity contribution is -0.142. The van der Waals surface area contributed by atoms with E-state index in [2.05, 4.69) is 10.1 Å². The van der Waals surface area contributed by atoms with Crippen LogP contribution in [0.2, 0.25) is 5.15 Å². The normalized spacial score (nSPS) is 18.0. The smallest absolute Gasteiger partial charge is 0.282 e. The van der Waals surface area contributed by atoms with Crippen molar-refractivity contribution < 1.29 is 18.0 Å². The second-order valence-corrected chi connectivity index (χ2v) is 5.39. The number of amides is 1. The van der Waals surface area contributed by atoms with Crippen LogP contribution in [0.1, 0.15) is 21.6 Å². The number of nitrogens with zero attached hydrogens (tertiary/aromatic N) is 4. The lowest BCUT2D eigenvalue weighted by atomic mass is 10.2. The molecule has 22 heavy (non-hydrogen) atoms. The van der Waals surface area contributed by atoms with E-state index in [0.29, 0.717) is 4.68 Å². The van der Waals surface area contributed by atoms with Crippen LogP contribution in [0, 0.1) is 0 Å². The van der Waals surface area contributed by atoms with Crippen LogP contribution in [-0.4, -0.2) is 26.8 Å². The molecule has 2 aromatic rings. The van der Waals surface area contributed by atoms with E-state index in [1.54, 1.807) is 0 Å². The van der Waals surface area contributed by atoms with E-state index in [1.807, 2.05) is 0 Å². The molecule has 1 amide bonds. The monoisotopic (exact) mass is 350 g/mol. The minimum Gasteiger partial charge on any atom is -0.282 e. The van der Waals surface area contributed by atoms with Gasteiger partial charge in [-0.05, 0) is 12.1 Å². The molecule has 1 aliphatic heterocycles. The van der Waals surface area contributed by atoms with Crippen LogP contribution < -0.4 is 4.90 Å². The molecule has 0 fully saturated rings. The summed E-state index contributed by atoms with van der Waals surface area (Å²) in [5.41, 5.74) is -0.274. The molecule has 2 aromatic heterocycles. The number of hydrogen-bond donors (Lipinski definition) is 0. The first-order valence-corrected chi connectivity index (χ1v) is 6.81. The Balaban J connectivity index is 1.92. The quantitative estimate of drug-likeness (QED) is 0.474. The Labute approximate surface area is 132 Å². The second kappa shape index (κ2) is 5.13. The largest absolute Gasteiger partial charge is 0.408 e. The van der Waals surface area contributed by atoms with Gasteiger partial charge in [0.2, 0.25) is 0 Å². The SMILES string of the molecule is O=C1c2ccc(Cl)nc2C(Cl)N1c1cnn(CC(F)(F)F)c1. The van der Waals surface area contributed by atoms with Crippen molar-refractivity contribution in [1.29, 1.82) is 0 Å². The lowest BCUT2D eigenvalue weighted by Gasteiger charge is -2.17. The first-order chi connectivity index (χ1) is 10.3. The third-order valence-corrected chi connectivity index (χ3v) is 3.64. The molecular formula is C12H7Cl2F3N4O. The molecule has 5 nitrogen and oxygen atoms in total. The summed E-state index contributed by atoms with van der Waals surface area (Å²) in [6.45, 7) is -1.25. The summed E-state index contributed by atoms with van der Waals surface area (Å²) in [5, 5.41) is 3.77. The number of pyridine rings is 1. The van der Waals surface area contributed by atoms with Crippen molar-refractivity contribution in [3.63, 3.8) is 0 Å². The molecule has 1 atom stereocenters. The summed E-state index contributed by atoms with van der Waals surface area (Å²) >= 11 is 11.9. The third-order valence-electron chi connectivity index (χ3n) is 3.03. The summed E-state index contributed by atoms with van der Waals surface area (Å²) in [5.74, 6) is -0.467. The van der Waals surface area contributed by atoms with Crippen molar-refractivity contribution in [3.05, 3.63) is 40.9 Å². The number of rotatable bonds is 2. The van der Waals surface area contributed by atoms with Crippen LogP contribution >= 0.6 is 23.2 Å². The predicted molar refractivity (Wildman–Crippen MR) is 72.9 cm³/mol. The van der Waals surface area contributed by atoms with Crippen LogP contribution in [0.5, 0.6) is 0 Å². The molecule has 1 unspecified atom stereocenters. The molecule has 116 valence electrons. The van der Waals surface area contributed by atoms with Crippen LogP contribution in [-0.2, 0) is 6.54 Å². The number of alkyl halides is 4. The highest BCUT2D eigenvalue weighted by Gasteiger charge is 2.39. The van der Waals surface area contributed by atoms with E-state index in [-0.39, 0.29) is 22.1 Å². The van der Waals surface area contributed by atoms with Crippen molar-refractivity contribution in [2.75, 3.05) is 4.90 Å². The molecule has 0 saturated carbocycles. The number of carbonyl (C=O) groups excluding carboxylic acids is 1. The Morgan fingerprint density at radius 3 is 2.73 bits per heavy atom.